The Morgan fingerprint density at radius 1 is 1.15 bits per heavy atom. The minimum absolute atomic E-state index is 0.153. The summed E-state index contributed by atoms with van der Waals surface area (Å²) < 4.78 is 14.1. The highest BCUT2D eigenvalue weighted by atomic mass is 79.9. The molecular weight excluding hydrogens is 395 g/mol. The summed E-state index contributed by atoms with van der Waals surface area (Å²) in [7, 11) is 0. The van der Waals surface area contributed by atoms with E-state index in [0.717, 1.165) is 48.1 Å². The molecule has 0 spiro atoms. The normalized spacial score (nSPS) is 20.8. The Morgan fingerprint density at radius 3 is 2.50 bits per heavy atom. The van der Waals surface area contributed by atoms with E-state index in [0.29, 0.717) is 12.5 Å². The number of carbonyl (C=O) groups excluding carboxylic acids is 1. The summed E-state index contributed by atoms with van der Waals surface area (Å²) in [5.41, 5.74) is 1.84. The molecule has 1 aliphatic heterocycles. The second-order valence-corrected chi connectivity index (χ2v) is 8.29. The van der Waals surface area contributed by atoms with E-state index in [2.05, 4.69) is 26.1 Å². The molecule has 1 heterocycles. The highest BCUT2D eigenvalue weighted by Gasteiger charge is 2.51. The quantitative estimate of drug-likeness (QED) is 0.789. The molecule has 2 aromatic carbocycles. The zero-order valence-corrected chi connectivity index (χ0v) is 16.1. The van der Waals surface area contributed by atoms with Crippen LogP contribution in [0, 0.1) is 11.7 Å². The predicted molar refractivity (Wildman–Crippen MR) is 105 cm³/mol. The molecule has 136 valence electrons. The molecule has 1 amide bonds. The first-order chi connectivity index (χ1) is 12.6. The van der Waals surface area contributed by atoms with Gasteiger partial charge >= 0.3 is 0 Å². The number of anilines is 1. The fraction of sp³-hybridized carbons (Fsp3) is 0.381. The van der Waals surface area contributed by atoms with Gasteiger partial charge in [0.05, 0.1) is 5.41 Å². The van der Waals surface area contributed by atoms with Crippen molar-refractivity contribution in [2.45, 2.75) is 24.7 Å². The third kappa shape index (κ3) is 3.50. The summed E-state index contributed by atoms with van der Waals surface area (Å²) in [4.78, 5) is 15.0. The van der Waals surface area contributed by atoms with Crippen molar-refractivity contribution < 1.29 is 9.18 Å². The van der Waals surface area contributed by atoms with Gasteiger partial charge in [0.2, 0.25) is 5.91 Å². The van der Waals surface area contributed by atoms with Crippen molar-refractivity contribution in [2.24, 2.45) is 5.92 Å². The van der Waals surface area contributed by atoms with Crippen molar-refractivity contribution in [2.75, 3.05) is 24.5 Å². The zero-order valence-electron chi connectivity index (χ0n) is 14.6. The zero-order chi connectivity index (χ0) is 18.1. The van der Waals surface area contributed by atoms with Gasteiger partial charge in [0, 0.05) is 29.8 Å². The largest absolute Gasteiger partial charge is 0.371 e. The maximum absolute atomic E-state index is 13.1. The van der Waals surface area contributed by atoms with Crippen molar-refractivity contribution in [3.8, 4) is 0 Å². The summed E-state index contributed by atoms with van der Waals surface area (Å²) in [5, 5.41) is 3.18. The first-order valence-electron chi connectivity index (χ1n) is 9.12. The Bertz CT molecular complexity index is 787. The predicted octanol–water partition coefficient (Wildman–Crippen LogP) is 4.26. The van der Waals surface area contributed by atoms with Crippen LogP contribution in [0.4, 0.5) is 10.1 Å². The number of nitrogens with one attached hydrogen (secondary N) is 1. The molecule has 5 heteroatoms. The van der Waals surface area contributed by atoms with E-state index in [9.17, 15) is 9.18 Å². The number of amides is 1. The van der Waals surface area contributed by atoms with Crippen LogP contribution in [0.25, 0.3) is 0 Å². The van der Waals surface area contributed by atoms with Crippen LogP contribution in [0.15, 0.2) is 53.0 Å². The SMILES string of the molecule is O=C(NCC1CCN(c2ccc(F)cc2)C1)C1(c2ccc(Br)cc2)CC1. The first kappa shape index (κ1) is 17.5. The molecule has 26 heavy (non-hydrogen) atoms. The Morgan fingerprint density at radius 2 is 1.85 bits per heavy atom. The fourth-order valence-corrected chi connectivity index (χ4v) is 4.10. The highest BCUT2D eigenvalue weighted by molar-refractivity contribution is 9.10. The number of rotatable bonds is 5. The third-order valence-electron chi connectivity index (χ3n) is 5.61. The average molecular weight is 417 g/mol. The number of nitrogens with zero attached hydrogens (tertiary/aromatic N) is 1. The van der Waals surface area contributed by atoms with Gasteiger partial charge < -0.3 is 10.2 Å². The van der Waals surface area contributed by atoms with Crippen molar-refractivity contribution >= 4 is 27.5 Å². The highest BCUT2D eigenvalue weighted by Crippen LogP contribution is 2.48. The Labute approximate surface area is 161 Å². The van der Waals surface area contributed by atoms with Crippen molar-refractivity contribution in [3.05, 3.63) is 64.4 Å². The lowest BCUT2D eigenvalue weighted by Crippen LogP contribution is -2.38. The summed E-state index contributed by atoms with van der Waals surface area (Å²) in [6, 6.07) is 14.7. The molecule has 1 aliphatic carbocycles. The van der Waals surface area contributed by atoms with Crippen LogP contribution in [0.3, 0.4) is 0 Å². The number of hydrogen-bond acceptors (Lipinski definition) is 2. The maximum atomic E-state index is 13.1. The molecule has 1 saturated carbocycles. The third-order valence-corrected chi connectivity index (χ3v) is 6.14. The molecule has 1 atom stereocenters. The van der Waals surface area contributed by atoms with Crippen LogP contribution < -0.4 is 10.2 Å². The van der Waals surface area contributed by atoms with Crippen LogP contribution in [0.5, 0.6) is 0 Å². The van der Waals surface area contributed by atoms with Gasteiger partial charge in [-0.15, -0.1) is 0 Å². The number of carbonyl (C=O) groups is 1. The molecule has 2 aliphatic rings. The maximum Gasteiger partial charge on any atom is 0.230 e. The molecule has 0 bridgehead atoms. The van der Waals surface area contributed by atoms with E-state index < -0.39 is 0 Å². The monoisotopic (exact) mass is 416 g/mol. The summed E-state index contributed by atoms with van der Waals surface area (Å²) in [6.45, 7) is 2.55. The lowest BCUT2D eigenvalue weighted by atomic mass is 9.95. The molecular formula is C21H22BrFN2O. The van der Waals surface area contributed by atoms with Gasteiger partial charge in [0.1, 0.15) is 5.82 Å². The Balaban J connectivity index is 1.32. The van der Waals surface area contributed by atoms with E-state index in [4.69, 9.17) is 0 Å². The minimum Gasteiger partial charge on any atom is -0.371 e. The van der Waals surface area contributed by atoms with Crippen LogP contribution >= 0.6 is 15.9 Å². The van der Waals surface area contributed by atoms with Crippen LogP contribution in [-0.4, -0.2) is 25.5 Å². The van der Waals surface area contributed by atoms with E-state index >= 15 is 0 Å². The number of halogens is 2. The Kier molecular flexibility index (Phi) is 4.74. The average Bonchev–Trinajstić information content (AvgIpc) is 3.33. The molecule has 0 aromatic heterocycles. The van der Waals surface area contributed by atoms with Gasteiger partial charge in [0.15, 0.2) is 0 Å². The van der Waals surface area contributed by atoms with Gasteiger partial charge in [0.25, 0.3) is 0 Å². The molecule has 4 rings (SSSR count). The molecule has 1 N–H and O–H groups in total. The Hall–Kier alpha value is -1.88. The first-order valence-corrected chi connectivity index (χ1v) is 9.91. The van der Waals surface area contributed by atoms with Crippen molar-refractivity contribution in [1.29, 1.82) is 0 Å². The number of benzene rings is 2. The summed E-state index contributed by atoms with van der Waals surface area (Å²) in [6.07, 6.45) is 2.89. The standard InChI is InChI=1S/C21H22BrFN2O/c22-17-3-1-16(2-4-17)21(10-11-21)20(26)24-13-15-9-12-25(14-15)19-7-5-18(23)6-8-19/h1-8,15H,9-14H2,(H,24,26). The van der Waals surface area contributed by atoms with Crippen LogP contribution in [-0.2, 0) is 10.2 Å². The smallest absolute Gasteiger partial charge is 0.230 e. The topological polar surface area (TPSA) is 32.3 Å². The molecule has 0 radical (unpaired) electrons. The second-order valence-electron chi connectivity index (χ2n) is 7.38. The van der Waals surface area contributed by atoms with E-state index in [-0.39, 0.29) is 17.1 Å². The van der Waals surface area contributed by atoms with Crippen molar-refractivity contribution in [1.82, 2.24) is 5.32 Å². The lowest BCUT2D eigenvalue weighted by molar-refractivity contribution is -0.123. The summed E-state index contributed by atoms with van der Waals surface area (Å²) >= 11 is 3.45. The van der Waals surface area contributed by atoms with Gasteiger partial charge in [-0.3, -0.25) is 4.79 Å². The molecule has 1 saturated heterocycles. The van der Waals surface area contributed by atoms with Gasteiger partial charge in [-0.1, -0.05) is 28.1 Å². The number of hydrogen-bond donors (Lipinski definition) is 1. The van der Waals surface area contributed by atoms with Gasteiger partial charge in [-0.25, -0.2) is 4.39 Å². The minimum atomic E-state index is -0.323. The molecule has 1 unspecified atom stereocenters. The van der Waals surface area contributed by atoms with Crippen LogP contribution in [0.2, 0.25) is 0 Å². The van der Waals surface area contributed by atoms with E-state index in [1.54, 1.807) is 0 Å². The van der Waals surface area contributed by atoms with Gasteiger partial charge in [-0.05, 0) is 67.1 Å². The molecule has 2 aromatic rings. The summed E-state index contributed by atoms with van der Waals surface area (Å²) in [5.74, 6) is 0.379. The van der Waals surface area contributed by atoms with E-state index in [1.807, 2.05) is 36.4 Å². The van der Waals surface area contributed by atoms with Crippen LogP contribution in [0.1, 0.15) is 24.8 Å². The molecule has 3 nitrogen and oxygen atoms in total. The second kappa shape index (κ2) is 7.03. The molecule has 2 fully saturated rings. The fourth-order valence-electron chi connectivity index (χ4n) is 3.83. The van der Waals surface area contributed by atoms with Gasteiger partial charge in [-0.2, -0.15) is 0 Å². The van der Waals surface area contributed by atoms with E-state index in [1.165, 1.54) is 12.1 Å². The van der Waals surface area contributed by atoms with Crippen molar-refractivity contribution in [3.63, 3.8) is 0 Å². The lowest BCUT2D eigenvalue weighted by Gasteiger charge is -2.20.